The summed E-state index contributed by atoms with van der Waals surface area (Å²) in [6, 6.07) is 7.84. The zero-order valence-corrected chi connectivity index (χ0v) is 16.3. The van der Waals surface area contributed by atoms with Crippen LogP contribution in [0.5, 0.6) is 0 Å². The van der Waals surface area contributed by atoms with Crippen LogP contribution in [0.1, 0.15) is 26.7 Å². The predicted octanol–water partition coefficient (Wildman–Crippen LogP) is 5.32. The Balaban J connectivity index is 1.99. The summed E-state index contributed by atoms with van der Waals surface area (Å²) in [6.07, 6.45) is 2.52. The van der Waals surface area contributed by atoms with Crippen molar-refractivity contribution in [3.63, 3.8) is 0 Å². The van der Waals surface area contributed by atoms with E-state index in [9.17, 15) is 4.39 Å². The molecule has 2 unspecified atom stereocenters. The van der Waals surface area contributed by atoms with Gasteiger partial charge in [0.2, 0.25) is 8.38 Å². The molecule has 1 aromatic rings. The van der Waals surface area contributed by atoms with Gasteiger partial charge in [0.15, 0.2) is 0 Å². The molecular weight excluding hydrogens is 314 g/mol. The minimum Gasteiger partial charge on any atom is -0.330 e. The van der Waals surface area contributed by atoms with E-state index in [0.29, 0.717) is 6.61 Å². The fourth-order valence-corrected chi connectivity index (χ4v) is 5.63. The lowest BCUT2D eigenvalue weighted by Crippen LogP contribution is -2.40. The molecule has 22 heavy (non-hydrogen) atoms. The molecule has 1 fully saturated rings. The highest BCUT2D eigenvalue weighted by Crippen LogP contribution is 2.49. The summed E-state index contributed by atoms with van der Waals surface area (Å²) < 4.78 is 25.3. The molecule has 2 nitrogen and oxygen atoms in total. The second-order valence-electron chi connectivity index (χ2n) is 8.04. The quantitative estimate of drug-likeness (QED) is 0.532. The van der Waals surface area contributed by atoms with Gasteiger partial charge in [0, 0.05) is 18.8 Å². The minimum atomic E-state index is -1.08. The number of halogens is 1. The molecule has 1 aromatic carbocycles. The first kappa shape index (κ1) is 18.1. The average Bonchev–Trinajstić information content (AvgIpc) is 2.40. The second-order valence-corrected chi connectivity index (χ2v) is 15.2. The van der Waals surface area contributed by atoms with Crippen molar-refractivity contribution in [2.75, 3.05) is 6.61 Å². The second kappa shape index (κ2) is 7.08. The summed E-state index contributed by atoms with van der Waals surface area (Å²) in [5.41, 5.74) is 0.0400. The lowest BCUT2D eigenvalue weighted by molar-refractivity contribution is -0.0107. The number of hydrogen-bond donors (Lipinski definition) is 0. The van der Waals surface area contributed by atoms with Crippen LogP contribution >= 0.6 is 8.38 Å². The van der Waals surface area contributed by atoms with Crippen LogP contribution in [0.4, 0.5) is 4.39 Å². The van der Waals surface area contributed by atoms with Gasteiger partial charge in [-0.3, -0.25) is 0 Å². The Kier molecular flexibility index (Phi) is 5.82. The highest BCUT2D eigenvalue weighted by molar-refractivity contribution is 7.56. The Morgan fingerprint density at radius 3 is 2.45 bits per heavy atom. The van der Waals surface area contributed by atoms with E-state index in [1.54, 1.807) is 12.1 Å². The molecule has 0 amide bonds. The maximum absolute atomic E-state index is 13.1. The normalized spacial score (nSPS) is 25.2. The topological polar surface area (TPSA) is 18.5 Å². The summed E-state index contributed by atoms with van der Waals surface area (Å²) >= 11 is 0. The molecule has 0 saturated carbocycles. The van der Waals surface area contributed by atoms with Gasteiger partial charge in [0.05, 0.1) is 12.7 Å². The summed E-state index contributed by atoms with van der Waals surface area (Å²) in [4.78, 5) is 0. The van der Waals surface area contributed by atoms with E-state index in [4.69, 9.17) is 9.05 Å². The number of benzene rings is 1. The van der Waals surface area contributed by atoms with E-state index in [1.165, 1.54) is 24.6 Å². The minimum absolute atomic E-state index is 0.0400. The van der Waals surface area contributed by atoms with Crippen molar-refractivity contribution in [2.45, 2.75) is 58.5 Å². The lowest BCUT2D eigenvalue weighted by Gasteiger charge is -2.41. The molecule has 0 aliphatic carbocycles. The van der Waals surface area contributed by atoms with Crippen LogP contribution in [0.15, 0.2) is 24.3 Å². The van der Waals surface area contributed by atoms with Crippen LogP contribution in [0.25, 0.3) is 0 Å². The number of hydrogen-bond acceptors (Lipinski definition) is 2. The van der Waals surface area contributed by atoms with Crippen molar-refractivity contribution in [1.29, 1.82) is 0 Å². The van der Waals surface area contributed by atoms with Gasteiger partial charge >= 0.3 is 0 Å². The smallest absolute Gasteiger partial charge is 0.205 e. The van der Waals surface area contributed by atoms with Crippen molar-refractivity contribution in [1.82, 2.24) is 0 Å². The third-order valence-electron chi connectivity index (χ3n) is 4.08. The van der Waals surface area contributed by atoms with Crippen LogP contribution in [0, 0.1) is 11.2 Å². The maximum atomic E-state index is 13.1. The van der Waals surface area contributed by atoms with Gasteiger partial charge < -0.3 is 9.05 Å². The third-order valence-corrected chi connectivity index (χ3v) is 7.46. The van der Waals surface area contributed by atoms with Crippen LogP contribution in [-0.4, -0.2) is 20.8 Å². The van der Waals surface area contributed by atoms with Crippen LogP contribution in [-0.2, 0) is 9.05 Å². The van der Waals surface area contributed by atoms with Gasteiger partial charge in [-0.05, 0) is 30.7 Å². The van der Waals surface area contributed by atoms with Gasteiger partial charge in [-0.25, -0.2) is 4.39 Å². The molecule has 1 heterocycles. The standard InChI is InChI=1S/C17H28FO2PSi/c1-17(2)13-19-21(15-10-8-14(18)9-11-15)20-16(17)7-6-12-22(3,4)5/h8-11,16H,6-7,12-13H2,1-5H3. The van der Waals surface area contributed by atoms with Gasteiger partial charge in [-0.1, -0.05) is 46.0 Å². The summed E-state index contributed by atoms with van der Waals surface area (Å²) in [7, 11) is -2.08. The zero-order chi connectivity index (χ0) is 16.4. The predicted molar refractivity (Wildman–Crippen MR) is 94.9 cm³/mol. The Labute approximate surface area is 136 Å². The first-order chi connectivity index (χ1) is 10.2. The summed E-state index contributed by atoms with van der Waals surface area (Å²) in [5, 5.41) is 0.960. The van der Waals surface area contributed by atoms with Crippen molar-refractivity contribution >= 4 is 21.8 Å². The summed E-state index contributed by atoms with van der Waals surface area (Å²) in [5.74, 6) is -0.220. The van der Waals surface area contributed by atoms with Gasteiger partial charge in [0.25, 0.3) is 0 Å². The molecule has 124 valence electrons. The third kappa shape index (κ3) is 5.12. The summed E-state index contributed by atoms with van der Waals surface area (Å²) in [6.45, 7) is 12.4. The van der Waals surface area contributed by atoms with E-state index < -0.39 is 16.4 Å². The molecule has 1 aliphatic heterocycles. The zero-order valence-electron chi connectivity index (χ0n) is 14.4. The Bertz CT molecular complexity index is 484. The van der Waals surface area contributed by atoms with Crippen molar-refractivity contribution < 1.29 is 13.4 Å². The lowest BCUT2D eigenvalue weighted by atomic mass is 9.85. The highest BCUT2D eigenvalue weighted by atomic mass is 31.2. The average molecular weight is 342 g/mol. The molecule has 0 radical (unpaired) electrons. The first-order valence-electron chi connectivity index (χ1n) is 8.03. The van der Waals surface area contributed by atoms with Crippen LogP contribution in [0.2, 0.25) is 25.7 Å². The molecule has 2 rings (SSSR count). The van der Waals surface area contributed by atoms with Gasteiger partial charge in [0.1, 0.15) is 5.82 Å². The van der Waals surface area contributed by atoms with Crippen molar-refractivity contribution in [3.8, 4) is 0 Å². The van der Waals surface area contributed by atoms with E-state index in [-0.39, 0.29) is 17.3 Å². The Morgan fingerprint density at radius 1 is 1.23 bits per heavy atom. The van der Waals surface area contributed by atoms with E-state index >= 15 is 0 Å². The Morgan fingerprint density at radius 2 is 1.86 bits per heavy atom. The maximum Gasteiger partial charge on any atom is 0.205 e. The fraction of sp³-hybridized carbons (Fsp3) is 0.647. The van der Waals surface area contributed by atoms with Crippen LogP contribution < -0.4 is 5.30 Å². The van der Waals surface area contributed by atoms with E-state index in [1.807, 2.05) is 0 Å². The Hall–Kier alpha value is -0.283. The highest BCUT2D eigenvalue weighted by Gasteiger charge is 2.39. The molecule has 0 N–H and O–H groups in total. The fourth-order valence-electron chi connectivity index (χ4n) is 2.57. The molecule has 1 aliphatic rings. The van der Waals surface area contributed by atoms with E-state index in [2.05, 4.69) is 33.5 Å². The van der Waals surface area contributed by atoms with Crippen LogP contribution in [0.3, 0.4) is 0 Å². The van der Waals surface area contributed by atoms with E-state index in [0.717, 1.165) is 11.7 Å². The largest absolute Gasteiger partial charge is 0.330 e. The molecular formula is C17H28FO2PSi. The van der Waals surface area contributed by atoms with Gasteiger partial charge in [-0.15, -0.1) is 0 Å². The first-order valence-corrected chi connectivity index (χ1v) is 12.9. The SMILES string of the molecule is CC1(C)COP(c2ccc(F)cc2)OC1CCC[Si](C)(C)C. The molecule has 2 atom stereocenters. The molecule has 5 heteroatoms. The molecule has 1 saturated heterocycles. The van der Waals surface area contributed by atoms with Crippen molar-refractivity contribution in [3.05, 3.63) is 30.1 Å². The monoisotopic (exact) mass is 342 g/mol. The van der Waals surface area contributed by atoms with Gasteiger partial charge in [-0.2, -0.15) is 0 Å². The van der Waals surface area contributed by atoms with Crippen molar-refractivity contribution in [2.24, 2.45) is 5.41 Å². The number of rotatable bonds is 5. The molecule has 0 bridgehead atoms. The molecule has 0 aromatic heterocycles. The molecule has 0 spiro atoms.